The Morgan fingerprint density at radius 2 is 2.05 bits per heavy atom. The van der Waals surface area contributed by atoms with Crippen molar-refractivity contribution >= 4 is 12.0 Å². The summed E-state index contributed by atoms with van der Waals surface area (Å²) in [6.45, 7) is 5.52. The molecule has 1 atom stereocenters. The van der Waals surface area contributed by atoms with Crippen molar-refractivity contribution < 1.29 is 14.7 Å². The van der Waals surface area contributed by atoms with Gasteiger partial charge in [0.1, 0.15) is 6.04 Å². The number of nitrogens with zero attached hydrogens (tertiary/aromatic N) is 1. The highest BCUT2D eigenvalue weighted by Crippen LogP contribution is 2.19. The molecule has 6 heteroatoms. The van der Waals surface area contributed by atoms with E-state index in [4.69, 9.17) is 5.11 Å². The Morgan fingerprint density at radius 1 is 1.37 bits per heavy atom. The van der Waals surface area contributed by atoms with Gasteiger partial charge in [0.2, 0.25) is 0 Å². The van der Waals surface area contributed by atoms with Gasteiger partial charge in [0, 0.05) is 6.20 Å². The molecule has 2 amide bonds. The summed E-state index contributed by atoms with van der Waals surface area (Å²) in [6, 6.07) is 3.91. The van der Waals surface area contributed by atoms with Crippen molar-refractivity contribution in [2.45, 2.75) is 33.4 Å². The van der Waals surface area contributed by atoms with Gasteiger partial charge in [0.15, 0.2) is 0 Å². The number of hydrogen-bond acceptors (Lipinski definition) is 3. The molecule has 1 rings (SSSR count). The van der Waals surface area contributed by atoms with Gasteiger partial charge in [-0.15, -0.1) is 0 Å². The van der Waals surface area contributed by atoms with Crippen LogP contribution in [0.1, 0.15) is 26.5 Å². The second-order valence-electron chi connectivity index (χ2n) is 5.29. The van der Waals surface area contributed by atoms with E-state index in [1.165, 1.54) is 0 Å². The van der Waals surface area contributed by atoms with Crippen LogP contribution in [0.2, 0.25) is 0 Å². The summed E-state index contributed by atoms with van der Waals surface area (Å²) in [4.78, 5) is 26.8. The van der Waals surface area contributed by atoms with Crippen molar-refractivity contribution in [3.05, 3.63) is 30.1 Å². The molecule has 0 bridgehead atoms. The van der Waals surface area contributed by atoms with Gasteiger partial charge in [-0.1, -0.05) is 26.8 Å². The molecule has 1 aromatic rings. The van der Waals surface area contributed by atoms with Crippen LogP contribution in [-0.4, -0.2) is 28.1 Å². The fourth-order valence-corrected chi connectivity index (χ4v) is 1.50. The summed E-state index contributed by atoms with van der Waals surface area (Å²) in [5, 5.41) is 14.1. The zero-order chi connectivity index (χ0) is 14.5. The first-order valence-corrected chi connectivity index (χ1v) is 5.98. The van der Waals surface area contributed by atoms with Crippen LogP contribution < -0.4 is 10.6 Å². The average molecular weight is 265 g/mol. The van der Waals surface area contributed by atoms with E-state index in [2.05, 4.69) is 15.6 Å². The molecule has 0 aromatic carbocycles. The third kappa shape index (κ3) is 4.95. The third-order valence-corrected chi connectivity index (χ3v) is 2.54. The first-order chi connectivity index (χ1) is 8.80. The molecule has 0 radical (unpaired) electrons. The summed E-state index contributed by atoms with van der Waals surface area (Å²) in [7, 11) is 0. The Hall–Kier alpha value is -2.11. The first-order valence-electron chi connectivity index (χ1n) is 5.98. The van der Waals surface area contributed by atoms with Crippen LogP contribution in [-0.2, 0) is 11.3 Å². The Labute approximate surface area is 112 Å². The molecule has 0 aliphatic heterocycles. The number of carbonyl (C=O) groups excluding carboxylic acids is 1. The molecule has 0 saturated heterocycles. The minimum atomic E-state index is -1.06. The third-order valence-electron chi connectivity index (χ3n) is 2.54. The van der Waals surface area contributed by atoms with Gasteiger partial charge in [-0.05, 0) is 17.5 Å². The normalized spacial score (nSPS) is 12.6. The first kappa shape index (κ1) is 14.9. The second kappa shape index (κ2) is 6.17. The summed E-state index contributed by atoms with van der Waals surface area (Å²) in [5.74, 6) is -1.06. The van der Waals surface area contributed by atoms with Crippen LogP contribution >= 0.6 is 0 Å². The van der Waals surface area contributed by atoms with Gasteiger partial charge in [-0.25, -0.2) is 9.59 Å². The lowest BCUT2D eigenvalue weighted by Crippen LogP contribution is -2.52. The van der Waals surface area contributed by atoms with Gasteiger partial charge in [-0.2, -0.15) is 0 Å². The van der Waals surface area contributed by atoms with E-state index in [1.54, 1.807) is 39.1 Å². The number of nitrogens with one attached hydrogen (secondary N) is 2. The minimum absolute atomic E-state index is 0.253. The van der Waals surface area contributed by atoms with Crippen LogP contribution in [0.5, 0.6) is 0 Å². The van der Waals surface area contributed by atoms with Crippen LogP contribution in [0.3, 0.4) is 0 Å². The number of aliphatic carboxylic acids is 1. The van der Waals surface area contributed by atoms with Crippen molar-refractivity contribution in [1.29, 1.82) is 0 Å². The van der Waals surface area contributed by atoms with Gasteiger partial charge < -0.3 is 15.7 Å². The maximum Gasteiger partial charge on any atom is 0.326 e. The zero-order valence-corrected chi connectivity index (χ0v) is 11.3. The Morgan fingerprint density at radius 3 is 2.53 bits per heavy atom. The van der Waals surface area contributed by atoms with E-state index in [0.717, 1.165) is 0 Å². The van der Waals surface area contributed by atoms with Gasteiger partial charge in [0.05, 0.1) is 12.2 Å². The summed E-state index contributed by atoms with van der Waals surface area (Å²) >= 11 is 0. The average Bonchev–Trinajstić information content (AvgIpc) is 2.33. The minimum Gasteiger partial charge on any atom is -0.480 e. The van der Waals surface area contributed by atoms with E-state index in [9.17, 15) is 9.59 Å². The molecule has 104 valence electrons. The smallest absolute Gasteiger partial charge is 0.326 e. The fourth-order valence-electron chi connectivity index (χ4n) is 1.50. The van der Waals surface area contributed by atoms with Crippen molar-refractivity contribution in [2.24, 2.45) is 5.41 Å². The van der Waals surface area contributed by atoms with Crippen molar-refractivity contribution in [2.75, 3.05) is 0 Å². The molecule has 0 aliphatic carbocycles. The van der Waals surface area contributed by atoms with Gasteiger partial charge >= 0.3 is 12.0 Å². The van der Waals surface area contributed by atoms with E-state index in [1.807, 2.05) is 6.07 Å². The van der Waals surface area contributed by atoms with Crippen LogP contribution in [0.25, 0.3) is 0 Å². The maximum absolute atomic E-state index is 11.7. The molecule has 0 fully saturated rings. The molecule has 0 saturated carbocycles. The molecular weight excluding hydrogens is 246 g/mol. The summed E-state index contributed by atoms with van der Waals surface area (Å²) in [6.07, 6.45) is 1.63. The van der Waals surface area contributed by atoms with Gasteiger partial charge in [0.25, 0.3) is 0 Å². The SMILES string of the molecule is CC(C)(C)[C@H](NC(=O)NCc1ccccn1)C(=O)O. The molecule has 1 heterocycles. The maximum atomic E-state index is 11.7. The number of urea groups is 1. The van der Waals surface area contributed by atoms with Crippen LogP contribution in [0.15, 0.2) is 24.4 Å². The molecule has 3 N–H and O–H groups in total. The van der Waals surface area contributed by atoms with Crippen molar-refractivity contribution in [3.8, 4) is 0 Å². The molecule has 0 spiro atoms. The Balaban J connectivity index is 2.52. The van der Waals surface area contributed by atoms with E-state index >= 15 is 0 Å². The molecule has 19 heavy (non-hydrogen) atoms. The van der Waals surface area contributed by atoms with E-state index in [-0.39, 0.29) is 6.54 Å². The lowest BCUT2D eigenvalue weighted by Gasteiger charge is -2.27. The topological polar surface area (TPSA) is 91.3 Å². The van der Waals surface area contributed by atoms with Crippen LogP contribution in [0, 0.1) is 5.41 Å². The van der Waals surface area contributed by atoms with Crippen molar-refractivity contribution in [3.63, 3.8) is 0 Å². The second-order valence-corrected chi connectivity index (χ2v) is 5.29. The fraction of sp³-hybridized carbons (Fsp3) is 0.462. The number of hydrogen-bond donors (Lipinski definition) is 3. The van der Waals surface area contributed by atoms with Crippen molar-refractivity contribution in [1.82, 2.24) is 15.6 Å². The highest BCUT2D eigenvalue weighted by atomic mass is 16.4. The highest BCUT2D eigenvalue weighted by molar-refractivity contribution is 5.83. The summed E-state index contributed by atoms with van der Waals surface area (Å²) < 4.78 is 0. The van der Waals surface area contributed by atoms with E-state index < -0.39 is 23.5 Å². The predicted octanol–water partition coefficient (Wildman–Crippen LogP) is 1.38. The quantitative estimate of drug-likeness (QED) is 0.767. The lowest BCUT2D eigenvalue weighted by molar-refractivity contribution is -0.141. The number of amides is 2. The molecular formula is C13H19N3O3. The zero-order valence-electron chi connectivity index (χ0n) is 11.3. The Bertz CT molecular complexity index is 440. The molecule has 0 aliphatic rings. The number of carboxylic acids is 1. The number of pyridine rings is 1. The van der Waals surface area contributed by atoms with E-state index in [0.29, 0.717) is 5.69 Å². The number of rotatable bonds is 4. The number of aromatic nitrogens is 1. The molecule has 6 nitrogen and oxygen atoms in total. The monoisotopic (exact) mass is 265 g/mol. The number of carboxylic acid groups (broad SMARTS) is 1. The number of carbonyl (C=O) groups is 2. The highest BCUT2D eigenvalue weighted by Gasteiger charge is 2.32. The van der Waals surface area contributed by atoms with Crippen LogP contribution in [0.4, 0.5) is 4.79 Å². The largest absolute Gasteiger partial charge is 0.480 e. The van der Waals surface area contributed by atoms with Gasteiger partial charge in [-0.3, -0.25) is 4.98 Å². The predicted molar refractivity (Wildman–Crippen MR) is 70.5 cm³/mol. The lowest BCUT2D eigenvalue weighted by atomic mass is 9.87. The summed E-state index contributed by atoms with van der Waals surface area (Å²) in [5.41, 5.74) is 0.147. The molecule has 0 unspecified atom stereocenters. The Kier molecular flexibility index (Phi) is 4.86. The standard InChI is InChI=1S/C13H19N3O3/c1-13(2,3)10(11(17)18)16-12(19)15-8-9-6-4-5-7-14-9/h4-7,10H,8H2,1-3H3,(H,17,18)(H2,15,16,19)/t10-/m1/s1. The molecule has 1 aromatic heterocycles.